The summed E-state index contributed by atoms with van der Waals surface area (Å²) in [4.78, 5) is 41.6. The van der Waals surface area contributed by atoms with Gasteiger partial charge in [-0.1, -0.05) is 12.1 Å². The van der Waals surface area contributed by atoms with Crippen LogP contribution in [0.5, 0.6) is 0 Å². The van der Waals surface area contributed by atoms with Gasteiger partial charge in [-0.2, -0.15) is 0 Å². The molecule has 0 saturated carbocycles. The zero-order chi connectivity index (χ0) is 17.8. The number of para-hydroxylation sites is 1. The van der Waals surface area contributed by atoms with Gasteiger partial charge in [-0.25, -0.2) is 4.98 Å². The summed E-state index contributed by atoms with van der Waals surface area (Å²) in [5, 5.41) is 9.47. The Bertz CT molecular complexity index is 848. The number of ether oxygens (including phenoxy) is 1. The molecule has 1 aromatic carbocycles. The van der Waals surface area contributed by atoms with Gasteiger partial charge in [-0.15, -0.1) is 0 Å². The van der Waals surface area contributed by atoms with Crippen LogP contribution in [0.25, 0.3) is 10.9 Å². The zero-order valence-electron chi connectivity index (χ0n) is 13.6. The number of amides is 1. The highest BCUT2D eigenvalue weighted by Crippen LogP contribution is 2.13. The molecule has 1 N–H and O–H groups in total. The third kappa shape index (κ3) is 3.85. The molecule has 1 amide bonds. The summed E-state index contributed by atoms with van der Waals surface area (Å²) in [6.07, 6.45) is 1.39. The number of aromatic nitrogens is 2. The number of nitrogens with zero attached hydrogens (tertiary/aromatic N) is 3. The van der Waals surface area contributed by atoms with E-state index in [1.165, 1.54) is 15.8 Å². The minimum absolute atomic E-state index is 0.107. The predicted molar refractivity (Wildman–Crippen MR) is 89.2 cm³/mol. The first-order chi connectivity index (χ1) is 12.1. The van der Waals surface area contributed by atoms with Crippen LogP contribution in [0.4, 0.5) is 0 Å². The van der Waals surface area contributed by atoms with Gasteiger partial charge in [0.05, 0.1) is 42.9 Å². The molecule has 2 aromatic rings. The fraction of sp³-hybridized carbons (Fsp3) is 0.412. The van der Waals surface area contributed by atoms with E-state index in [1.54, 1.807) is 18.2 Å². The number of hydrogen-bond acceptors (Lipinski definition) is 5. The Balaban J connectivity index is 1.70. The van der Waals surface area contributed by atoms with E-state index in [0.717, 1.165) is 0 Å². The molecule has 1 aromatic heterocycles. The summed E-state index contributed by atoms with van der Waals surface area (Å²) in [6, 6.07) is 6.57. The third-order valence-corrected chi connectivity index (χ3v) is 4.26. The van der Waals surface area contributed by atoms with Crippen molar-refractivity contribution in [3.05, 3.63) is 40.9 Å². The van der Waals surface area contributed by atoms with Crippen LogP contribution in [-0.4, -0.2) is 57.2 Å². The lowest BCUT2D eigenvalue weighted by molar-refractivity contribution is -0.146. The maximum absolute atomic E-state index is 12.5. The van der Waals surface area contributed by atoms with E-state index < -0.39 is 12.0 Å². The van der Waals surface area contributed by atoms with Crippen molar-refractivity contribution in [3.63, 3.8) is 0 Å². The average Bonchev–Trinajstić information content (AvgIpc) is 2.61. The Morgan fingerprint density at radius 3 is 2.92 bits per heavy atom. The average molecular weight is 345 g/mol. The first-order valence-corrected chi connectivity index (χ1v) is 8.09. The molecule has 1 saturated heterocycles. The van der Waals surface area contributed by atoms with Crippen molar-refractivity contribution < 1.29 is 19.4 Å². The van der Waals surface area contributed by atoms with E-state index in [0.29, 0.717) is 24.1 Å². The normalized spacial score (nSPS) is 17.6. The second-order valence-electron chi connectivity index (χ2n) is 5.92. The zero-order valence-corrected chi connectivity index (χ0v) is 13.6. The number of benzene rings is 1. The minimum Gasteiger partial charge on any atom is -0.481 e. The molecule has 8 nitrogen and oxygen atoms in total. The van der Waals surface area contributed by atoms with Gasteiger partial charge in [0.25, 0.3) is 5.56 Å². The largest absolute Gasteiger partial charge is 0.481 e. The molecule has 1 unspecified atom stereocenters. The van der Waals surface area contributed by atoms with Crippen LogP contribution in [0.15, 0.2) is 35.4 Å². The fourth-order valence-corrected chi connectivity index (χ4v) is 2.98. The molecule has 1 atom stereocenters. The van der Waals surface area contributed by atoms with Crippen molar-refractivity contribution >= 4 is 22.8 Å². The van der Waals surface area contributed by atoms with Gasteiger partial charge < -0.3 is 14.7 Å². The number of rotatable bonds is 5. The lowest BCUT2D eigenvalue weighted by Crippen LogP contribution is -2.49. The molecule has 1 aliphatic heterocycles. The lowest BCUT2D eigenvalue weighted by atomic mass is 10.1. The Morgan fingerprint density at radius 2 is 2.12 bits per heavy atom. The van der Waals surface area contributed by atoms with Crippen LogP contribution in [0, 0.1) is 0 Å². The van der Waals surface area contributed by atoms with Gasteiger partial charge in [0, 0.05) is 19.5 Å². The quantitative estimate of drug-likeness (QED) is 0.846. The highest BCUT2D eigenvalue weighted by molar-refractivity contribution is 5.78. The molecular formula is C17H19N3O5. The Morgan fingerprint density at radius 1 is 1.32 bits per heavy atom. The summed E-state index contributed by atoms with van der Waals surface area (Å²) in [6.45, 7) is 1.17. The third-order valence-electron chi connectivity index (χ3n) is 4.26. The molecule has 0 bridgehead atoms. The first-order valence-electron chi connectivity index (χ1n) is 8.09. The second-order valence-corrected chi connectivity index (χ2v) is 5.92. The summed E-state index contributed by atoms with van der Waals surface area (Å²) in [5.41, 5.74) is 0.423. The minimum atomic E-state index is -0.969. The van der Waals surface area contributed by atoms with Crippen molar-refractivity contribution in [3.8, 4) is 0 Å². The number of aliphatic carboxylic acids is 1. The molecule has 3 rings (SSSR count). The van der Waals surface area contributed by atoms with Crippen LogP contribution in [0.2, 0.25) is 0 Å². The molecule has 2 heterocycles. The van der Waals surface area contributed by atoms with Crippen LogP contribution < -0.4 is 5.56 Å². The number of aryl methyl sites for hydroxylation is 1. The van der Waals surface area contributed by atoms with Crippen LogP contribution >= 0.6 is 0 Å². The lowest BCUT2D eigenvalue weighted by Gasteiger charge is -2.35. The topological polar surface area (TPSA) is 102 Å². The maximum atomic E-state index is 12.5. The van der Waals surface area contributed by atoms with Crippen molar-refractivity contribution in [2.24, 2.45) is 0 Å². The van der Waals surface area contributed by atoms with E-state index in [1.807, 2.05) is 6.07 Å². The molecule has 1 fully saturated rings. The maximum Gasteiger partial charge on any atom is 0.305 e. The Labute approximate surface area is 143 Å². The standard InChI is InChI=1S/C17H19N3O5/c21-15(20-7-8-25-10-12(20)9-16(22)23)5-6-19-11-18-14-4-2-1-3-13(14)17(19)24/h1-4,11-12H,5-10H2,(H,22,23). The summed E-state index contributed by atoms with van der Waals surface area (Å²) in [7, 11) is 0. The molecule has 0 radical (unpaired) electrons. The van der Waals surface area contributed by atoms with Gasteiger partial charge in [0.2, 0.25) is 5.91 Å². The molecule has 132 valence electrons. The SMILES string of the molecule is O=C(O)CC1COCCN1C(=O)CCn1cnc2ccccc2c1=O. The van der Waals surface area contributed by atoms with Gasteiger partial charge in [0.1, 0.15) is 0 Å². The molecule has 0 spiro atoms. The van der Waals surface area contributed by atoms with E-state index in [9.17, 15) is 14.4 Å². The van der Waals surface area contributed by atoms with Gasteiger partial charge in [-0.05, 0) is 12.1 Å². The summed E-state index contributed by atoms with van der Waals surface area (Å²) >= 11 is 0. The number of hydrogen-bond donors (Lipinski definition) is 1. The van der Waals surface area contributed by atoms with E-state index in [2.05, 4.69) is 4.98 Å². The molecule has 0 aliphatic carbocycles. The molecule has 1 aliphatic rings. The molecular weight excluding hydrogens is 326 g/mol. The molecule has 25 heavy (non-hydrogen) atoms. The van der Waals surface area contributed by atoms with Crippen LogP contribution in [0.1, 0.15) is 12.8 Å². The van der Waals surface area contributed by atoms with Crippen LogP contribution in [-0.2, 0) is 20.9 Å². The van der Waals surface area contributed by atoms with Gasteiger partial charge >= 0.3 is 5.97 Å². The Hall–Kier alpha value is -2.74. The predicted octanol–water partition coefficient (Wildman–Crippen LogP) is 0.489. The van der Waals surface area contributed by atoms with Crippen LogP contribution in [0.3, 0.4) is 0 Å². The summed E-state index contributed by atoms with van der Waals surface area (Å²) in [5.74, 6) is -1.15. The van der Waals surface area contributed by atoms with Gasteiger partial charge in [0.15, 0.2) is 0 Å². The number of carboxylic acids is 1. The highest BCUT2D eigenvalue weighted by Gasteiger charge is 2.28. The van der Waals surface area contributed by atoms with E-state index in [4.69, 9.17) is 9.84 Å². The number of fused-ring (bicyclic) bond motifs is 1. The number of carboxylic acid groups (broad SMARTS) is 1. The number of carbonyl (C=O) groups is 2. The van der Waals surface area contributed by atoms with Gasteiger partial charge in [-0.3, -0.25) is 19.0 Å². The first kappa shape index (κ1) is 17.1. The van der Waals surface area contributed by atoms with Crippen molar-refractivity contribution in [2.45, 2.75) is 25.4 Å². The monoisotopic (exact) mass is 345 g/mol. The van der Waals surface area contributed by atoms with E-state index >= 15 is 0 Å². The smallest absolute Gasteiger partial charge is 0.305 e. The highest BCUT2D eigenvalue weighted by atomic mass is 16.5. The van der Waals surface area contributed by atoms with E-state index in [-0.39, 0.29) is 37.5 Å². The number of carbonyl (C=O) groups excluding carboxylic acids is 1. The summed E-state index contributed by atoms with van der Waals surface area (Å²) < 4.78 is 6.68. The number of morpholine rings is 1. The second kappa shape index (κ2) is 7.43. The van der Waals surface area contributed by atoms with Crippen molar-refractivity contribution in [2.75, 3.05) is 19.8 Å². The van der Waals surface area contributed by atoms with Crippen molar-refractivity contribution in [1.29, 1.82) is 0 Å². The fourth-order valence-electron chi connectivity index (χ4n) is 2.98. The Kier molecular flexibility index (Phi) is 5.08. The van der Waals surface area contributed by atoms with Crippen molar-refractivity contribution in [1.82, 2.24) is 14.5 Å². The molecule has 8 heteroatoms.